The molecule has 3 rings (SSSR count). The fourth-order valence-corrected chi connectivity index (χ4v) is 3.22. The van der Waals surface area contributed by atoms with Crippen LogP contribution in [0.3, 0.4) is 0 Å². The molecule has 116 valence electrons. The quantitative estimate of drug-likeness (QED) is 0.745. The Morgan fingerprint density at radius 3 is 3.14 bits per heavy atom. The molecule has 1 fully saturated rings. The van der Waals surface area contributed by atoms with Gasteiger partial charge in [-0.25, -0.2) is 4.98 Å². The van der Waals surface area contributed by atoms with Crippen LogP contribution >= 0.6 is 11.3 Å². The summed E-state index contributed by atoms with van der Waals surface area (Å²) < 4.78 is 0. The summed E-state index contributed by atoms with van der Waals surface area (Å²) in [6.07, 6.45) is 3.36. The third-order valence-corrected chi connectivity index (χ3v) is 4.61. The number of carbonyl (C=O) groups is 1. The molecule has 22 heavy (non-hydrogen) atoms. The first-order valence-electron chi connectivity index (χ1n) is 7.22. The molecule has 2 aromatic rings. The maximum Gasteiger partial charge on any atom is 0.226 e. The Morgan fingerprint density at radius 2 is 2.41 bits per heavy atom. The lowest BCUT2D eigenvalue weighted by molar-refractivity contribution is -0.120. The van der Waals surface area contributed by atoms with Crippen molar-refractivity contribution >= 4 is 17.2 Å². The van der Waals surface area contributed by atoms with E-state index in [1.165, 1.54) is 11.3 Å². The smallest absolute Gasteiger partial charge is 0.226 e. The van der Waals surface area contributed by atoms with Crippen LogP contribution in [0.1, 0.15) is 5.69 Å². The normalized spacial score (nSPS) is 21.0. The molecule has 7 heteroatoms. The second-order valence-electron chi connectivity index (χ2n) is 5.35. The molecule has 1 amide bonds. The first kappa shape index (κ1) is 15.1. The van der Waals surface area contributed by atoms with Crippen LogP contribution in [0, 0.1) is 5.92 Å². The summed E-state index contributed by atoms with van der Waals surface area (Å²) in [6.45, 7) is 1.83. The minimum absolute atomic E-state index is 0.0675. The largest absolute Gasteiger partial charge is 0.391 e. The predicted octanol–water partition coefficient (Wildman–Crippen LogP) is 0.444. The fraction of sp³-hybridized carbons (Fsp3) is 0.400. The van der Waals surface area contributed by atoms with Gasteiger partial charge in [-0.2, -0.15) is 0 Å². The topological polar surface area (TPSA) is 87.1 Å². The minimum atomic E-state index is -0.378. The number of β-amino-alcohol motifs (C(OH)–C–C–N with tert-alkyl or cyclic N) is 1. The summed E-state index contributed by atoms with van der Waals surface area (Å²) in [5.74, 6) is 0.0208. The van der Waals surface area contributed by atoms with Crippen LogP contribution in [0.4, 0.5) is 0 Å². The number of carbonyl (C=O) groups excluding carboxylic acids is 1. The summed E-state index contributed by atoms with van der Waals surface area (Å²) in [6, 6.07) is 3.81. The molecule has 6 nitrogen and oxygen atoms in total. The Labute approximate surface area is 132 Å². The van der Waals surface area contributed by atoms with Crippen LogP contribution < -0.4 is 10.6 Å². The van der Waals surface area contributed by atoms with Gasteiger partial charge in [-0.1, -0.05) is 0 Å². The minimum Gasteiger partial charge on any atom is -0.391 e. The monoisotopic (exact) mass is 318 g/mol. The average molecular weight is 318 g/mol. The number of hydrogen-bond acceptors (Lipinski definition) is 6. The Bertz CT molecular complexity index is 631. The molecule has 0 aromatic carbocycles. The molecular formula is C15H18N4O2S. The van der Waals surface area contributed by atoms with E-state index in [2.05, 4.69) is 20.6 Å². The van der Waals surface area contributed by atoms with E-state index in [9.17, 15) is 9.90 Å². The van der Waals surface area contributed by atoms with E-state index in [4.69, 9.17) is 0 Å². The van der Waals surface area contributed by atoms with Crippen molar-refractivity contribution in [2.75, 3.05) is 19.6 Å². The van der Waals surface area contributed by atoms with Crippen molar-refractivity contribution in [1.82, 2.24) is 20.6 Å². The van der Waals surface area contributed by atoms with E-state index in [0.717, 1.165) is 22.8 Å². The van der Waals surface area contributed by atoms with Crippen LogP contribution in [0.25, 0.3) is 10.6 Å². The van der Waals surface area contributed by atoms with Gasteiger partial charge in [0.05, 0.1) is 18.2 Å². The van der Waals surface area contributed by atoms with Crippen molar-refractivity contribution in [2.24, 2.45) is 5.92 Å². The molecule has 0 aliphatic carbocycles. The summed E-state index contributed by atoms with van der Waals surface area (Å²) in [7, 11) is 0. The van der Waals surface area contributed by atoms with Crippen molar-refractivity contribution in [2.45, 2.75) is 12.5 Å². The second-order valence-corrected chi connectivity index (χ2v) is 6.21. The molecule has 3 heterocycles. The zero-order chi connectivity index (χ0) is 15.4. The van der Waals surface area contributed by atoms with Gasteiger partial charge in [-0.05, 0) is 12.1 Å². The molecule has 2 atom stereocenters. The maximum atomic E-state index is 12.0. The number of hydrogen-bond donors (Lipinski definition) is 3. The van der Waals surface area contributed by atoms with Gasteiger partial charge in [0, 0.05) is 48.9 Å². The SMILES string of the molecule is O=C(Cc1csc(-c2cccnc2)n1)NCC1CNCC1O. The number of amides is 1. The maximum absolute atomic E-state index is 12.0. The lowest BCUT2D eigenvalue weighted by Crippen LogP contribution is -2.35. The molecule has 1 saturated heterocycles. The molecule has 1 aliphatic heterocycles. The highest BCUT2D eigenvalue weighted by Gasteiger charge is 2.25. The first-order chi connectivity index (χ1) is 10.7. The Kier molecular flexibility index (Phi) is 4.77. The molecule has 3 N–H and O–H groups in total. The highest BCUT2D eigenvalue weighted by Crippen LogP contribution is 2.22. The van der Waals surface area contributed by atoms with Gasteiger partial charge in [0.25, 0.3) is 0 Å². The Hall–Kier alpha value is -1.83. The number of aliphatic hydroxyl groups excluding tert-OH is 1. The lowest BCUT2D eigenvalue weighted by Gasteiger charge is -2.13. The molecule has 0 bridgehead atoms. The van der Waals surface area contributed by atoms with Gasteiger partial charge < -0.3 is 15.7 Å². The van der Waals surface area contributed by atoms with Crippen LogP contribution in [-0.4, -0.2) is 46.7 Å². The van der Waals surface area contributed by atoms with E-state index >= 15 is 0 Å². The van der Waals surface area contributed by atoms with Crippen LogP contribution in [-0.2, 0) is 11.2 Å². The van der Waals surface area contributed by atoms with E-state index in [1.807, 2.05) is 17.5 Å². The van der Waals surface area contributed by atoms with Crippen LogP contribution in [0.2, 0.25) is 0 Å². The molecule has 1 aliphatic rings. The number of nitrogens with zero attached hydrogens (tertiary/aromatic N) is 2. The Balaban J connectivity index is 1.53. The molecule has 2 aromatic heterocycles. The molecule has 0 spiro atoms. The van der Waals surface area contributed by atoms with Crippen molar-refractivity contribution in [3.8, 4) is 10.6 Å². The van der Waals surface area contributed by atoms with Gasteiger partial charge >= 0.3 is 0 Å². The van der Waals surface area contributed by atoms with Gasteiger partial charge in [0.1, 0.15) is 5.01 Å². The van der Waals surface area contributed by atoms with E-state index in [1.54, 1.807) is 12.4 Å². The van der Waals surface area contributed by atoms with Crippen molar-refractivity contribution < 1.29 is 9.90 Å². The van der Waals surface area contributed by atoms with E-state index < -0.39 is 0 Å². The van der Waals surface area contributed by atoms with Crippen LogP contribution in [0.5, 0.6) is 0 Å². The summed E-state index contributed by atoms with van der Waals surface area (Å²) in [5.41, 5.74) is 1.71. The van der Waals surface area contributed by atoms with Gasteiger partial charge in [-0.15, -0.1) is 11.3 Å². The van der Waals surface area contributed by atoms with E-state index in [-0.39, 0.29) is 24.3 Å². The molecule has 0 saturated carbocycles. The third-order valence-electron chi connectivity index (χ3n) is 3.67. The first-order valence-corrected chi connectivity index (χ1v) is 8.10. The standard InChI is InChI=1S/C15H18N4O2S/c20-13-8-17-6-11(13)7-18-14(21)4-12-9-22-15(19-12)10-2-1-3-16-5-10/h1-3,5,9,11,13,17,20H,4,6-8H2,(H,18,21). The second kappa shape index (κ2) is 6.95. The number of thiazole rings is 1. The number of aliphatic hydroxyl groups is 1. The molecule has 0 radical (unpaired) electrons. The number of aromatic nitrogens is 2. The van der Waals surface area contributed by atoms with Crippen molar-refractivity contribution in [1.29, 1.82) is 0 Å². The highest BCUT2D eigenvalue weighted by atomic mass is 32.1. The number of rotatable bonds is 5. The zero-order valence-corrected chi connectivity index (χ0v) is 12.8. The molecule has 2 unspecified atom stereocenters. The zero-order valence-electron chi connectivity index (χ0n) is 12.0. The van der Waals surface area contributed by atoms with Gasteiger partial charge in [-0.3, -0.25) is 9.78 Å². The highest BCUT2D eigenvalue weighted by molar-refractivity contribution is 7.13. The summed E-state index contributed by atoms with van der Waals surface area (Å²) in [4.78, 5) is 20.5. The Morgan fingerprint density at radius 1 is 1.50 bits per heavy atom. The average Bonchev–Trinajstić information content (AvgIpc) is 3.15. The number of pyridine rings is 1. The summed E-state index contributed by atoms with van der Waals surface area (Å²) in [5, 5.41) is 18.4. The lowest BCUT2D eigenvalue weighted by atomic mass is 10.1. The summed E-state index contributed by atoms with van der Waals surface area (Å²) >= 11 is 1.51. The fourth-order valence-electron chi connectivity index (χ4n) is 2.41. The van der Waals surface area contributed by atoms with Gasteiger partial charge in [0.2, 0.25) is 5.91 Å². The van der Waals surface area contributed by atoms with Crippen molar-refractivity contribution in [3.05, 3.63) is 35.6 Å². The van der Waals surface area contributed by atoms with E-state index in [0.29, 0.717) is 13.1 Å². The van der Waals surface area contributed by atoms with Crippen molar-refractivity contribution in [3.63, 3.8) is 0 Å². The predicted molar refractivity (Wildman–Crippen MR) is 84.4 cm³/mol. The molecular weight excluding hydrogens is 300 g/mol. The van der Waals surface area contributed by atoms with Gasteiger partial charge in [0.15, 0.2) is 0 Å². The van der Waals surface area contributed by atoms with Crippen LogP contribution in [0.15, 0.2) is 29.9 Å². The number of nitrogens with one attached hydrogen (secondary N) is 2. The third kappa shape index (κ3) is 3.68.